The average molecular weight is 399 g/mol. The van der Waals surface area contributed by atoms with E-state index in [9.17, 15) is 0 Å². The molecule has 6 heavy (non-hydrogen) atoms. The fourth-order valence-electron chi connectivity index (χ4n) is 0. The van der Waals surface area contributed by atoms with Crippen LogP contribution in [0.3, 0.4) is 0 Å². The Morgan fingerprint density at radius 3 is 1.00 bits per heavy atom. The molecule has 2 N–H and O–H groups in total. The summed E-state index contributed by atoms with van der Waals surface area (Å²) >= 11 is 0. The Hall–Kier alpha value is 4.02. The minimum atomic E-state index is 0. The topological polar surface area (TPSA) is 31.5 Å². The van der Waals surface area contributed by atoms with Crippen molar-refractivity contribution in [3.05, 3.63) is 0 Å². The van der Waals surface area contributed by atoms with Crippen molar-refractivity contribution in [2.24, 2.45) is 0 Å². The van der Waals surface area contributed by atoms with Crippen LogP contribution in [0.2, 0.25) is 0 Å². The van der Waals surface area contributed by atoms with Gasteiger partial charge >= 0.3 is 45.5 Å². The first-order valence-electron chi connectivity index (χ1n) is 0. The Morgan fingerprint density at radius 1 is 1.00 bits per heavy atom. The number of hydrogen-bond acceptors (Lipinski definition) is 0. The molecule has 0 fully saturated rings. The van der Waals surface area contributed by atoms with Gasteiger partial charge in [0.15, 0.2) is 0 Å². The van der Waals surface area contributed by atoms with Crippen molar-refractivity contribution in [2.75, 3.05) is 0 Å². The van der Waals surface area contributed by atoms with Crippen molar-refractivity contribution >= 4 is 59.0 Å². The summed E-state index contributed by atoms with van der Waals surface area (Å²) in [5, 5.41) is 0. The first-order valence-corrected chi connectivity index (χ1v) is 0. The van der Waals surface area contributed by atoms with E-state index in [2.05, 4.69) is 0 Å². The maximum absolute atomic E-state index is 0. The predicted molar refractivity (Wildman–Crippen MR) is 22.5 cm³/mol. The van der Waals surface area contributed by atoms with Gasteiger partial charge in [0.2, 0.25) is 0 Å². The second kappa shape index (κ2) is 35.9. The molecule has 6 heteroatoms. The summed E-state index contributed by atoms with van der Waals surface area (Å²) in [7, 11) is 0. The molecule has 0 aromatic heterocycles. The van der Waals surface area contributed by atoms with Gasteiger partial charge in [0.25, 0.3) is 0 Å². The van der Waals surface area contributed by atoms with Crippen LogP contribution in [0.15, 0.2) is 0 Å². The average Bonchev–Trinajstić information content (AvgIpc) is 0. The summed E-state index contributed by atoms with van der Waals surface area (Å²) in [6.45, 7) is 0. The second-order valence-electron chi connectivity index (χ2n) is 0. The molecule has 41 valence electrons. The standard InChI is InChI=1S/Cu.La.Mn.H2O.H2S.Sr.2H/h;;;2*1H2;;;. The molecule has 0 atom stereocenters. The van der Waals surface area contributed by atoms with E-state index in [-0.39, 0.29) is 134 Å². The molecule has 0 spiro atoms. The van der Waals surface area contributed by atoms with Crippen LogP contribution in [0.4, 0.5) is 0 Å². The van der Waals surface area contributed by atoms with Gasteiger partial charge < -0.3 is 5.48 Å². The molecule has 0 rings (SSSR count). The molecule has 0 aromatic rings. The van der Waals surface area contributed by atoms with E-state index < -0.39 is 0 Å². The molecule has 0 saturated heterocycles. The zero-order valence-electron chi connectivity index (χ0n) is 2.26. The van der Waals surface area contributed by atoms with Crippen LogP contribution in [0.1, 0.15) is 0 Å². The quantitative estimate of drug-likeness (QED) is 0.439. The molecule has 0 amide bonds. The molecular formula is H6CuLaMnOSSr. The van der Waals surface area contributed by atoms with Crippen molar-refractivity contribution in [3.63, 3.8) is 0 Å². The van der Waals surface area contributed by atoms with Gasteiger partial charge in [0, 0.05) is 69.7 Å². The van der Waals surface area contributed by atoms with E-state index >= 15 is 0 Å². The van der Waals surface area contributed by atoms with Crippen LogP contribution in [0.25, 0.3) is 0 Å². The Balaban J connectivity index is 0. The number of rotatable bonds is 0. The van der Waals surface area contributed by atoms with Crippen LogP contribution in [-0.4, -0.2) is 51.0 Å². The summed E-state index contributed by atoms with van der Waals surface area (Å²) < 4.78 is 0. The van der Waals surface area contributed by atoms with Crippen molar-refractivity contribution in [1.82, 2.24) is 0 Å². The SMILES string of the molecule is O.S.[Cu].[La].[Mn].[SrH2]. The third kappa shape index (κ3) is 24.4. The molecule has 0 bridgehead atoms. The van der Waals surface area contributed by atoms with Gasteiger partial charge in [-0.3, -0.25) is 0 Å². The molecule has 0 heterocycles. The summed E-state index contributed by atoms with van der Waals surface area (Å²) in [5.41, 5.74) is 0. The summed E-state index contributed by atoms with van der Waals surface area (Å²) in [5.74, 6) is 0. The van der Waals surface area contributed by atoms with Gasteiger partial charge in [-0.2, -0.15) is 13.5 Å². The van der Waals surface area contributed by atoms with E-state index in [1.165, 1.54) is 0 Å². The van der Waals surface area contributed by atoms with E-state index in [0.29, 0.717) is 0 Å². The molecule has 0 aliphatic rings. The minimum absolute atomic E-state index is 0. The van der Waals surface area contributed by atoms with Gasteiger partial charge in [-0.15, -0.1) is 0 Å². The molecular weight excluding hydrogens is 393 g/mol. The molecule has 0 aliphatic carbocycles. The molecule has 0 aliphatic heterocycles. The Kier molecular flexibility index (Phi) is 301. The van der Waals surface area contributed by atoms with Gasteiger partial charge in [0.1, 0.15) is 0 Å². The summed E-state index contributed by atoms with van der Waals surface area (Å²) in [4.78, 5) is 0. The Labute approximate surface area is 131 Å². The van der Waals surface area contributed by atoms with Gasteiger partial charge in [-0.25, -0.2) is 0 Å². The zero-order chi connectivity index (χ0) is 0. The van der Waals surface area contributed by atoms with Crippen molar-refractivity contribution in [1.29, 1.82) is 0 Å². The first kappa shape index (κ1) is 50.4. The van der Waals surface area contributed by atoms with Crippen molar-refractivity contribution in [3.8, 4) is 0 Å². The van der Waals surface area contributed by atoms with Crippen LogP contribution < -0.4 is 0 Å². The molecule has 0 aromatic carbocycles. The normalized spacial score (nSPS) is 0. The van der Waals surface area contributed by atoms with Crippen molar-refractivity contribution in [2.45, 2.75) is 0 Å². The molecule has 1 nitrogen and oxygen atoms in total. The third-order valence-corrected chi connectivity index (χ3v) is 0. The Bertz CT molecular complexity index is 15.5. The van der Waals surface area contributed by atoms with Crippen LogP contribution in [0, 0.1) is 35.6 Å². The van der Waals surface area contributed by atoms with E-state index in [4.69, 9.17) is 0 Å². The predicted octanol–water partition coefficient (Wildman–Crippen LogP) is -1.63. The number of hydrogen-bond donors (Lipinski definition) is 0. The van der Waals surface area contributed by atoms with Gasteiger partial charge in [-0.05, 0) is 0 Å². The summed E-state index contributed by atoms with van der Waals surface area (Å²) in [6, 6.07) is 0. The van der Waals surface area contributed by atoms with Gasteiger partial charge in [-0.1, -0.05) is 0 Å². The van der Waals surface area contributed by atoms with E-state index in [0.717, 1.165) is 0 Å². The van der Waals surface area contributed by atoms with E-state index in [1.54, 1.807) is 0 Å². The maximum atomic E-state index is 0. The third-order valence-electron chi connectivity index (χ3n) is 0. The zero-order valence-corrected chi connectivity index (χ0v) is 9.00. The van der Waals surface area contributed by atoms with E-state index in [1.807, 2.05) is 0 Å². The first-order chi connectivity index (χ1) is 0. The molecule has 0 unspecified atom stereocenters. The monoisotopic (exact) mass is 399 g/mol. The van der Waals surface area contributed by atoms with Gasteiger partial charge in [0.05, 0.1) is 0 Å². The van der Waals surface area contributed by atoms with Crippen LogP contribution in [-0.2, 0) is 34.1 Å². The molecule has 0 saturated carbocycles. The fourth-order valence-corrected chi connectivity index (χ4v) is 0. The fraction of sp³-hybridized carbons (Fsp3) is 0. The van der Waals surface area contributed by atoms with Crippen LogP contribution in [0.5, 0.6) is 0 Å². The summed E-state index contributed by atoms with van der Waals surface area (Å²) in [6.07, 6.45) is 0. The van der Waals surface area contributed by atoms with Crippen LogP contribution >= 0.6 is 13.5 Å². The van der Waals surface area contributed by atoms with Crippen molar-refractivity contribution < 1.29 is 75.2 Å². The Morgan fingerprint density at radius 2 is 1.00 bits per heavy atom. The second-order valence-corrected chi connectivity index (χ2v) is 0. The molecule has 3 radical (unpaired) electrons.